The largest absolute Gasteiger partial charge is 0.490 e. The van der Waals surface area contributed by atoms with Gasteiger partial charge in [0.15, 0.2) is 11.5 Å². The molecule has 2 rings (SSSR count). The number of aliphatic hydroxyl groups excluding tert-OH is 1. The van der Waals surface area contributed by atoms with E-state index in [1.165, 1.54) is 0 Å². The molecule has 96 valence electrons. The van der Waals surface area contributed by atoms with Crippen LogP contribution in [0.2, 0.25) is 0 Å². The molecular formula is C15H18O3. The van der Waals surface area contributed by atoms with Gasteiger partial charge >= 0.3 is 0 Å². The van der Waals surface area contributed by atoms with Crippen LogP contribution >= 0.6 is 0 Å². The number of hydrogen-bond donors (Lipinski definition) is 1. The molecule has 1 aromatic carbocycles. The van der Waals surface area contributed by atoms with Gasteiger partial charge in [0.05, 0.1) is 19.3 Å². The van der Waals surface area contributed by atoms with E-state index in [0.717, 1.165) is 29.9 Å². The summed E-state index contributed by atoms with van der Waals surface area (Å²) in [6.07, 6.45) is 7.78. The molecule has 0 radical (unpaired) electrons. The monoisotopic (exact) mass is 246 g/mol. The molecule has 1 atom stereocenters. The first-order valence-corrected chi connectivity index (χ1v) is 6.32. The summed E-state index contributed by atoms with van der Waals surface area (Å²) in [6, 6.07) is 5.61. The Labute approximate surface area is 108 Å². The summed E-state index contributed by atoms with van der Waals surface area (Å²) >= 11 is 0. The SMILES string of the molecule is C#CCCCC(O)c1ccc2c(c1)OCCCO2. The standard InChI is InChI=1S/C15H18O3/c1-2-3-4-6-13(16)12-7-8-14-15(11-12)18-10-5-9-17-14/h1,7-8,11,13,16H,3-6,9-10H2. The second kappa shape index (κ2) is 6.32. The third kappa shape index (κ3) is 3.18. The maximum Gasteiger partial charge on any atom is 0.161 e. The molecule has 1 aliphatic heterocycles. The molecule has 0 amide bonds. The van der Waals surface area contributed by atoms with Crippen molar-refractivity contribution in [3.05, 3.63) is 23.8 Å². The first kappa shape index (κ1) is 12.8. The van der Waals surface area contributed by atoms with E-state index in [1.807, 2.05) is 18.2 Å². The molecule has 0 spiro atoms. The molecule has 1 unspecified atom stereocenters. The molecule has 1 N–H and O–H groups in total. The van der Waals surface area contributed by atoms with Gasteiger partial charge in [-0.3, -0.25) is 0 Å². The molecule has 1 aliphatic rings. The molecule has 0 saturated carbocycles. The van der Waals surface area contributed by atoms with E-state index < -0.39 is 6.10 Å². The van der Waals surface area contributed by atoms with Crippen molar-refractivity contribution in [3.63, 3.8) is 0 Å². The van der Waals surface area contributed by atoms with E-state index in [9.17, 15) is 5.11 Å². The van der Waals surface area contributed by atoms with Crippen LogP contribution in [-0.2, 0) is 0 Å². The number of fused-ring (bicyclic) bond motifs is 1. The van der Waals surface area contributed by atoms with Crippen LogP contribution in [0.15, 0.2) is 18.2 Å². The Morgan fingerprint density at radius 1 is 1.28 bits per heavy atom. The highest BCUT2D eigenvalue weighted by Gasteiger charge is 2.14. The van der Waals surface area contributed by atoms with Crippen molar-refractivity contribution in [1.82, 2.24) is 0 Å². The second-order valence-corrected chi connectivity index (χ2v) is 4.37. The van der Waals surface area contributed by atoms with Gasteiger partial charge in [-0.2, -0.15) is 0 Å². The summed E-state index contributed by atoms with van der Waals surface area (Å²) in [7, 11) is 0. The molecule has 18 heavy (non-hydrogen) atoms. The van der Waals surface area contributed by atoms with E-state index in [4.69, 9.17) is 15.9 Å². The first-order chi connectivity index (χ1) is 8.81. The van der Waals surface area contributed by atoms with Gasteiger partial charge in [0.2, 0.25) is 0 Å². The molecule has 3 heteroatoms. The number of rotatable bonds is 4. The van der Waals surface area contributed by atoms with Gasteiger partial charge in [0.25, 0.3) is 0 Å². The topological polar surface area (TPSA) is 38.7 Å². The zero-order valence-corrected chi connectivity index (χ0v) is 10.4. The zero-order valence-electron chi connectivity index (χ0n) is 10.4. The summed E-state index contributed by atoms with van der Waals surface area (Å²) in [4.78, 5) is 0. The lowest BCUT2D eigenvalue weighted by molar-refractivity contribution is 0.164. The zero-order chi connectivity index (χ0) is 12.8. The van der Waals surface area contributed by atoms with Crippen LogP contribution in [0.4, 0.5) is 0 Å². The highest BCUT2D eigenvalue weighted by atomic mass is 16.5. The molecular weight excluding hydrogens is 228 g/mol. The third-order valence-electron chi connectivity index (χ3n) is 2.96. The average Bonchev–Trinajstić information content (AvgIpc) is 2.63. The van der Waals surface area contributed by atoms with Crippen molar-refractivity contribution in [3.8, 4) is 23.8 Å². The van der Waals surface area contributed by atoms with Crippen molar-refractivity contribution in [2.75, 3.05) is 13.2 Å². The Hall–Kier alpha value is -1.66. The molecule has 1 heterocycles. The Morgan fingerprint density at radius 2 is 2.06 bits per heavy atom. The Morgan fingerprint density at radius 3 is 2.83 bits per heavy atom. The lowest BCUT2D eigenvalue weighted by atomic mass is 10.0. The van der Waals surface area contributed by atoms with E-state index in [-0.39, 0.29) is 0 Å². The summed E-state index contributed by atoms with van der Waals surface area (Å²) in [5.74, 6) is 4.06. The molecule has 0 aliphatic carbocycles. The molecule has 1 aromatic rings. The van der Waals surface area contributed by atoms with Crippen LogP contribution in [0.3, 0.4) is 0 Å². The minimum absolute atomic E-state index is 0.490. The van der Waals surface area contributed by atoms with Crippen LogP contribution in [0.25, 0.3) is 0 Å². The highest BCUT2D eigenvalue weighted by molar-refractivity contribution is 5.44. The third-order valence-corrected chi connectivity index (χ3v) is 2.96. The normalized spacial score (nSPS) is 15.6. The van der Waals surface area contributed by atoms with Crippen molar-refractivity contribution >= 4 is 0 Å². The maximum atomic E-state index is 10.1. The van der Waals surface area contributed by atoms with E-state index in [0.29, 0.717) is 26.1 Å². The minimum Gasteiger partial charge on any atom is -0.490 e. The molecule has 0 aromatic heterocycles. The fourth-order valence-corrected chi connectivity index (χ4v) is 1.95. The van der Waals surface area contributed by atoms with Crippen LogP contribution < -0.4 is 9.47 Å². The predicted molar refractivity (Wildman–Crippen MR) is 69.7 cm³/mol. The lowest BCUT2D eigenvalue weighted by Crippen LogP contribution is -1.99. The smallest absolute Gasteiger partial charge is 0.161 e. The van der Waals surface area contributed by atoms with E-state index >= 15 is 0 Å². The van der Waals surface area contributed by atoms with Crippen molar-refractivity contribution < 1.29 is 14.6 Å². The number of aliphatic hydroxyl groups is 1. The fraction of sp³-hybridized carbons (Fsp3) is 0.467. The Balaban J connectivity index is 2.05. The first-order valence-electron chi connectivity index (χ1n) is 6.32. The fourth-order valence-electron chi connectivity index (χ4n) is 1.95. The molecule has 0 bridgehead atoms. The van der Waals surface area contributed by atoms with Gasteiger partial charge in [0, 0.05) is 12.8 Å². The van der Waals surface area contributed by atoms with Gasteiger partial charge in [-0.1, -0.05) is 6.07 Å². The minimum atomic E-state index is -0.490. The Bertz CT molecular complexity index is 434. The maximum absolute atomic E-state index is 10.1. The van der Waals surface area contributed by atoms with Gasteiger partial charge in [-0.15, -0.1) is 12.3 Å². The van der Waals surface area contributed by atoms with E-state index in [2.05, 4.69) is 5.92 Å². The van der Waals surface area contributed by atoms with Gasteiger partial charge in [-0.05, 0) is 30.5 Å². The summed E-state index contributed by atoms with van der Waals surface area (Å²) in [5, 5.41) is 10.1. The molecule has 0 fully saturated rings. The Kier molecular flexibility index (Phi) is 4.49. The number of hydrogen-bond acceptors (Lipinski definition) is 3. The van der Waals surface area contributed by atoms with Crippen LogP contribution in [0.1, 0.15) is 37.4 Å². The lowest BCUT2D eigenvalue weighted by Gasteiger charge is -2.13. The number of terminal acetylenes is 1. The highest BCUT2D eigenvalue weighted by Crippen LogP contribution is 2.33. The number of benzene rings is 1. The predicted octanol–water partition coefficient (Wildman–Crippen LogP) is 2.68. The second-order valence-electron chi connectivity index (χ2n) is 4.37. The van der Waals surface area contributed by atoms with Crippen LogP contribution in [-0.4, -0.2) is 18.3 Å². The molecule has 0 saturated heterocycles. The summed E-state index contributed by atoms with van der Waals surface area (Å²) in [5.41, 5.74) is 0.858. The van der Waals surface area contributed by atoms with Crippen molar-refractivity contribution in [2.24, 2.45) is 0 Å². The van der Waals surface area contributed by atoms with Crippen molar-refractivity contribution in [1.29, 1.82) is 0 Å². The number of ether oxygens (including phenoxy) is 2. The van der Waals surface area contributed by atoms with Gasteiger partial charge in [-0.25, -0.2) is 0 Å². The average molecular weight is 246 g/mol. The summed E-state index contributed by atoms with van der Waals surface area (Å²) < 4.78 is 11.1. The quantitative estimate of drug-likeness (QED) is 0.655. The van der Waals surface area contributed by atoms with Gasteiger partial charge in [0.1, 0.15) is 0 Å². The van der Waals surface area contributed by atoms with Crippen LogP contribution in [0, 0.1) is 12.3 Å². The number of unbranched alkanes of at least 4 members (excludes halogenated alkanes) is 1. The van der Waals surface area contributed by atoms with E-state index in [1.54, 1.807) is 0 Å². The van der Waals surface area contributed by atoms with Crippen LogP contribution in [0.5, 0.6) is 11.5 Å². The van der Waals surface area contributed by atoms with Crippen molar-refractivity contribution in [2.45, 2.75) is 31.8 Å². The summed E-state index contributed by atoms with van der Waals surface area (Å²) in [6.45, 7) is 1.33. The molecule has 3 nitrogen and oxygen atoms in total. The van der Waals surface area contributed by atoms with Gasteiger partial charge < -0.3 is 14.6 Å².